The highest BCUT2D eigenvalue weighted by atomic mass is 16.4. The molecule has 0 bridgehead atoms. The maximum absolute atomic E-state index is 11.7. The molecule has 1 amide bonds. The van der Waals surface area contributed by atoms with Crippen LogP contribution in [0.15, 0.2) is 24.3 Å². The molecule has 20 heavy (non-hydrogen) atoms. The number of carbonyl (C=O) groups excluding carboxylic acids is 1. The fourth-order valence-electron chi connectivity index (χ4n) is 1.64. The molecule has 110 valence electrons. The molecule has 0 radical (unpaired) electrons. The number of rotatable bonds is 6. The second-order valence-electron chi connectivity index (χ2n) is 5.61. The molecular formula is C15H22N2O3. The van der Waals surface area contributed by atoms with E-state index < -0.39 is 11.4 Å². The van der Waals surface area contributed by atoms with Crippen LogP contribution in [0, 0.1) is 0 Å². The third kappa shape index (κ3) is 4.35. The van der Waals surface area contributed by atoms with Gasteiger partial charge in [0, 0.05) is 18.7 Å². The van der Waals surface area contributed by atoms with Gasteiger partial charge in [0.05, 0.1) is 5.41 Å². The van der Waals surface area contributed by atoms with Crippen molar-refractivity contribution in [1.29, 1.82) is 0 Å². The van der Waals surface area contributed by atoms with Crippen LogP contribution in [0.25, 0.3) is 0 Å². The third-order valence-electron chi connectivity index (χ3n) is 3.21. The highest BCUT2D eigenvalue weighted by Crippen LogP contribution is 2.24. The molecular weight excluding hydrogens is 256 g/mol. The number of carboxylic acids is 1. The van der Waals surface area contributed by atoms with Gasteiger partial charge in [0.25, 0.3) is 0 Å². The van der Waals surface area contributed by atoms with Crippen LogP contribution in [-0.4, -0.2) is 42.5 Å². The molecule has 0 heterocycles. The molecule has 0 saturated carbocycles. The molecule has 1 rings (SSSR count). The number of carboxylic acid groups (broad SMARTS) is 1. The Hall–Kier alpha value is -1.88. The number of hydrogen-bond acceptors (Lipinski definition) is 3. The van der Waals surface area contributed by atoms with E-state index in [0.29, 0.717) is 24.2 Å². The average molecular weight is 278 g/mol. The van der Waals surface area contributed by atoms with Gasteiger partial charge in [-0.15, -0.1) is 0 Å². The average Bonchev–Trinajstić information content (AvgIpc) is 2.37. The zero-order valence-electron chi connectivity index (χ0n) is 12.4. The van der Waals surface area contributed by atoms with E-state index in [1.807, 2.05) is 19.0 Å². The van der Waals surface area contributed by atoms with Crippen molar-refractivity contribution in [3.63, 3.8) is 0 Å². The van der Waals surface area contributed by atoms with Gasteiger partial charge in [-0.25, -0.2) is 0 Å². The second-order valence-corrected chi connectivity index (χ2v) is 5.61. The van der Waals surface area contributed by atoms with Crippen LogP contribution in [0.1, 0.15) is 25.8 Å². The molecule has 0 aliphatic carbocycles. The maximum Gasteiger partial charge on any atom is 0.313 e. The van der Waals surface area contributed by atoms with Gasteiger partial charge < -0.3 is 15.3 Å². The van der Waals surface area contributed by atoms with Crippen LogP contribution in [-0.2, 0) is 15.0 Å². The number of aliphatic carboxylic acids is 1. The molecule has 2 N–H and O–H groups in total. The SMILES string of the molecule is CN(C)CCC(=O)Nc1ccc(C(C)(C)C(=O)O)cc1. The van der Waals surface area contributed by atoms with E-state index in [1.165, 1.54) is 0 Å². The van der Waals surface area contributed by atoms with Crippen molar-refractivity contribution in [3.8, 4) is 0 Å². The first-order valence-corrected chi connectivity index (χ1v) is 6.52. The van der Waals surface area contributed by atoms with E-state index in [1.54, 1.807) is 38.1 Å². The Morgan fingerprint density at radius 1 is 1.20 bits per heavy atom. The molecule has 1 aromatic rings. The topological polar surface area (TPSA) is 69.6 Å². The molecule has 0 saturated heterocycles. The lowest BCUT2D eigenvalue weighted by molar-refractivity contribution is -0.142. The van der Waals surface area contributed by atoms with Gasteiger partial charge in [-0.3, -0.25) is 9.59 Å². The summed E-state index contributed by atoms with van der Waals surface area (Å²) < 4.78 is 0. The number of hydrogen-bond donors (Lipinski definition) is 2. The molecule has 0 aliphatic heterocycles. The van der Waals surface area contributed by atoms with Gasteiger partial charge in [0.15, 0.2) is 0 Å². The molecule has 5 nitrogen and oxygen atoms in total. The Morgan fingerprint density at radius 2 is 1.75 bits per heavy atom. The first-order valence-electron chi connectivity index (χ1n) is 6.52. The lowest BCUT2D eigenvalue weighted by Gasteiger charge is -2.20. The van der Waals surface area contributed by atoms with Gasteiger partial charge >= 0.3 is 5.97 Å². The summed E-state index contributed by atoms with van der Waals surface area (Å²) in [6.07, 6.45) is 0.426. The quantitative estimate of drug-likeness (QED) is 0.834. The van der Waals surface area contributed by atoms with Crippen LogP contribution < -0.4 is 5.32 Å². The number of benzene rings is 1. The van der Waals surface area contributed by atoms with E-state index in [0.717, 1.165) is 0 Å². The molecule has 0 aliphatic rings. The summed E-state index contributed by atoms with van der Waals surface area (Å²) in [4.78, 5) is 24.8. The van der Waals surface area contributed by atoms with Crippen LogP contribution in [0.5, 0.6) is 0 Å². The number of carbonyl (C=O) groups is 2. The predicted molar refractivity (Wildman–Crippen MR) is 78.9 cm³/mol. The number of nitrogens with zero attached hydrogens (tertiary/aromatic N) is 1. The van der Waals surface area contributed by atoms with Crippen molar-refractivity contribution in [2.75, 3.05) is 26.0 Å². The molecule has 0 spiro atoms. The van der Waals surface area contributed by atoms with Crippen LogP contribution in [0.2, 0.25) is 0 Å². The summed E-state index contributed by atoms with van der Waals surface area (Å²) in [5.41, 5.74) is 0.447. The van der Waals surface area contributed by atoms with E-state index in [2.05, 4.69) is 5.32 Å². The highest BCUT2D eigenvalue weighted by molar-refractivity contribution is 5.91. The van der Waals surface area contributed by atoms with Gasteiger partial charge in [0.2, 0.25) is 5.91 Å². The summed E-state index contributed by atoms with van der Waals surface area (Å²) >= 11 is 0. The second kappa shape index (κ2) is 6.52. The van der Waals surface area contributed by atoms with Crippen molar-refractivity contribution in [1.82, 2.24) is 4.90 Å². The van der Waals surface area contributed by atoms with Crippen molar-refractivity contribution >= 4 is 17.6 Å². The number of amides is 1. The summed E-state index contributed by atoms with van der Waals surface area (Å²) in [5.74, 6) is -0.927. The fraction of sp³-hybridized carbons (Fsp3) is 0.467. The normalized spacial score (nSPS) is 11.4. The number of anilines is 1. The van der Waals surface area contributed by atoms with Crippen LogP contribution in [0.4, 0.5) is 5.69 Å². The zero-order valence-corrected chi connectivity index (χ0v) is 12.4. The Balaban J connectivity index is 2.68. The molecule has 0 fully saturated rings. The van der Waals surface area contributed by atoms with Crippen molar-refractivity contribution < 1.29 is 14.7 Å². The first kappa shape index (κ1) is 16.2. The fourth-order valence-corrected chi connectivity index (χ4v) is 1.64. The molecule has 5 heteroatoms. The van der Waals surface area contributed by atoms with E-state index >= 15 is 0 Å². The van der Waals surface area contributed by atoms with Gasteiger partial charge in [-0.1, -0.05) is 12.1 Å². The summed E-state index contributed by atoms with van der Waals surface area (Å²) in [7, 11) is 3.83. The van der Waals surface area contributed by atoms with Crippen molar-refractivity contribution in [3.05, 3.63) is 29.8 Å². The van der Waals surface area contributed by atoms with Crippen molar-refractivity contribution in [2.24, 2.45) is 0 Å². The summed E-state index contributed by atoms with van der Waals surface area (Å²) in [6, 6.07) is 6.92. The van der Waals surface area contributed by atoms with Gasteiger partial charge in [-0.05, 0) is 45.6 Å². The Labute approximate surface area is 119 Å². The standard InChI is InChI=1S/C15H22N2O3/c1-15(2,14(19)20)11-5-7-12(8-6-11)16-13(18)9-10-17(3)4/h5-8H,9-10H2,1-4H3,(H,16,18)(H,19,20). The minimum atomic E-state index is -0.937. The van der Waals surface area contributed by atoms with Gasteiger partial charge in [0.1, 0.15) is 0 Å². The Morgan fingerprint density at radius 3 is 2.20 bits per heavy atom. The largest absolute Gasteiger partial charge is 0.481 e. The van der Waals surface area contributed by atoms with Crippen LogP contribution >= 0.6 is 0 Å². The number of nitrogens with one attached hydrogen (secondary N) is 1. The monoisotopic (exact) mass is 278 g/mol. The smallest absolute Gasteiger partial charge is 0.313 e. The maximum atomic E-state index is 11.7. The minimum Gasteiger partial charge on any atom is -0.481 e. The minimum absolute atomic E-state index is 0.0519. The van der Waals surface area contributed by atoms with Crippen molar-refractivity contribution in [2.45, 2.75) is 25.7 Å². The summed E-state index contributed by atoms with van der Waals surface area (Å²) in [5, 5.41) is 11.9. The predicted octanol–water partition coefficient (Wildman–Crippen LogP) is 1.94. The van der Waals surface area contributed by atoms with E-state index in [-0.39, 0.29) is 5.91 Å². The third-order valence-corrected chi connectivity index (χ3v) is 3.21. The lowest BCUT2D eigenvalue weighted by atomic mass is 9.85. The molecule has 0 unspecified atom stereocenters. The molecule has 1 aromatic carbocycles. The zero-order chi connectivity index (χ0) is 15.3. The Kier molecular flexibility index (Phi) is 5.27. The highest BCUT2D eigenvalue weighted by Gasteiger charge is 2.29. The lowest BCUT2D eigenvalue weighted by Crippen LogP contribution is -2.28. The first-order chi connectivity index (χ1) is 9.23. The summed E-state index contributed by atoms with van der Waals surface area (Å²) in [6.45, 7) is 4.00. The van der Waals surface area contributed by atoms with E-state index in [4.69, 9.17) is 5.11 Å². The van der Waals surface area contributed by atoms with Crippen LogP contribution in [0.3, 0.4) is 0 Å². The molecule has 0 atom stereocenters. The Bertz CT molecular complexity index is 478. The molecule has 0 aromatic heterocycles. The van der Waals surface area contributed by atoms with E-state index in [9.17, 15) is 9.59 Å². The van der Waals surface area contributed by atoms with Gasteiger partial charge in [-0.2, -0.15) is 0 Å².